The van der Waals surface area contributed by atoms with Gasteiger partial charge in [-0.2, -0.15) is 0 Å². The number of ether oxygens (including phenoxy) is 1. The molecular weight excluding hydrogens is 469 g/mol. The summed E-state index contributed by atoms with van der Waals surface area (Å²) in [5.41, 5.74) is 3.33. The molecule has 1 aliphatic rings. The molecule has 0 radical (unpaired) electrons. The van der Waals surface area contributed by atoms with Crippen molar-refractivity contribution < 1.29 is 14.3 Å². The van der Waals surface area contributed by atoms with Gasteiger partial charge < -0.3 is 10.1 Å². The van der Waals surface area contributed by atoms with Crippen molar-refractivity contribution in [3.05, 3.63) is 57.6 Å². The molecule has 170 valence electrons. The maximum Gasteiger partial charge on any atom is 0.242 e. The molecule has 0 saturated carbocycles. The average molecular weight is 494 g/mol. The van der Waals surface area contributed by atoms with Crippen LogP contribution in [-0.4, -0.2) is 47.4 Å². The monoisotopic (exact) mass is 493 g/mol. The zero-order valence-corrected chi connectivity index (χ0v) is 20.5. The number of hydrogen-bond donors (Lipinski definition) is 1. The summed E-state index contributed by atoms with van der Waals surface area (Å²) in [5.74, 6) is -0.345. The predicted octanol–water partition coefficient (Wildman–Crippen LogP) is 5.61. The molecule has 1 aliphatic heterocycles. The fourth-order valence-corrected chi connectivity index (χ4v) is 4.81. The second-order valence-electron chi connectivity index (χ2n) is 7.45. The van der Waals surface area contributed by atoms with Crippen LogP contribution in [0.1, 0.15) is 24.0 Å². The Labute approximate surface area is 202 Å². The van der Waals surface area contributed by atoms with E-state index in [9.17, 15) is 9.59 Å². The Bertz CT molecular complexity index is 1020. The highest BCUT2D eigenvalue weighted by Crippen LogP contribution is 2.34. The van der Waals surface area contributed by atoms with Crippen LogP contribution < -0.4 is 5.32 Å². The summed E-state index contributed by atoms with van der Waals surface area (Å²) in [7, 11) is 1.62. The molecule has 1 heterocycles. The predicted molar refractivity (Wildman–Crippen MR) is 132 cm³/mol. The number of thioether (sulfide) groups is 1. The number of carbonyl (C=O) groups excluding carboxylic acids is 2. The number of nitrogens with one attached hydrogen (secondary N) is 1. The highest BCUT2D eigenvalue weighted by atomic mass is 35.5. The van der Waals surface area contributed by atoms with E-state index in [1.807, 2.05) is 32.0 Å². The zero-order valence-electron chi connectivity index (χ0n) is 18.2. The van der Waals surface area contributed by atoms with E-state index >= 15 is 0 Å². The van der Waals surface area contributed by atoms with Crippen molar-refractivity contribution in [1.82, 2.24) is 4.90 Å². The van der Waals surface area contributed by atoms with Crippen LogP contribution in [0.25, 0.3) is 0 Å². The minimum atomic E-state index is -0.552. The number of benzene rings is 2. The smallest absolute Gasteiger partial charge is 0.242 e. The van der Waals surface area contributed by atoms with Crippen molar-refractivity contribution in [3.8, 4) is 0 Å². The zero-order chi connectivity index (χ0) is 23.3. The maximum atomic E-state index is 13.1. The van der Waals surface area contributed by atoms with Gasteiger partial charge in [-0.25, -0.2) is 4.99 Å². The van der Waals surface area contributed by atoms with Gasteiger partial charge in [0, 0.05) is 32.4 Å². The van der Waals surface area contributed by atoms with Gasteiger partial charge in [-0.1, -0.05) is 53.2 Å². The first kappa shape index (κ1) is 24.6. The number of amides is 2. The second kappa shape index (κ2) is 11.2. The van der Waals surface area contributed by atoms with Gasteiger partial charge in [-0.3, -0.25) is 14.5 Å². The van der Waals surface area contributed by atoms with Gasteiger partial charge in [0.1, 0.15) is 5.25 Å². The summed E-state index contributed by atoms with van der Waals surface area (Å²) in [6.07, 6.45) is 0.711. The SMILES string of the molecule is COCCCN1C(=O)C(CC(=O)Nc2c(C)cccc2C)SC1=Nc1ccc(Cl)c(Cl)c1. The molecule has 1 atom stereocenters. The lowest BCUT2D eigenvalue weighted by atomic mass is 10.1. The lowest BCUT2D eigenvalue weighted by molar-refractivity contribution is -0.128. The molecule has 6 nitrogen and oxygen atoms in total. The molecule has 1 saturated heterocycles. The van der Waals surface area contributed by atoms with Gasteiger partial charge in [-0.15, -0.1) is 0 Å². The Morgan fingerprint density at radius 3 is 2.56 bits per heavy atom. The molecule has 0 spiro atoms. The molecule has 1 N–H and O–H groups in total. The molecule has 0 aromatic heterocycles. The Morgan fingerprint density at radius 2 is 1.91 bits per heavy atom. The van der Waals surface area contributed by atoms with Crippen molar-refractivity contribution in [2.24, 2.45) is 4.99 Å². The standard InChI is InChI=1S/C23H25Cl2N3O3S/c1-14-6-4-7-15(2)21(14)27-20(29)13-19-22(30)28(10-5-11-31-3)23(32-19)26-16-8-9-17(24)18(25)12-16/h4,6-9,12,19H,5,10-11,13H2,1-3H3,(H,27,29). The molecular formula is C23H25Cl2N3O3S. The van der Waals surface area contributed by atoms with Crippen LogP contribution in [0.5, 0.6) is 0 Å². The van der Waals surface area contributed by atoms with E-state index in [0.29, 0.717) is 40.5 Å². The maximum absolute atomic E-state index is 13.1. The van der Waals surface area contributed by atoms with E-state index in [-0.39, 0.29) is 18.2 Å². The molecule has 1 fully saturated rings. The number of halogens is 2. The summed E-state index contributed by atoms with van der Waals surface area (Å²) in [5, 5.41) is 3.76. The van der Waals surface area contributed by atoms with Gasteiger partial charge in [0.25, 0.3) is 0 Å². The van der Waals surface area contributed by atoms with E-state index in [0.717, 1.165) is 16.8 Å². The van der Waals surface area contributed by atoms with E-state index < -0.39 is 5.25 Å². The first-order valence-corrected chi connectivity index (χ1v) is 11.8. The molecule has 1 unspecified atom stereocenters. The molecule has 2 aromatic carbocycles. The fourth-order valence-electron chi connectivity index (χ4n) is 3.33. The van der Waals surface area contributed by atoms with E-state index in [4.69, 9.17) is 27.9 Å². The Hall–Kier alpha value is -2.06. The number of hydrogen-bond acceptors (Lipinski definition) is 5. The minimum absolute atomic E-state index is 0.0540. The van der Waals surface area contributed by atoms with Crippen LogP contribution in [0.2, 0.25) is 10.0 Å². The van der Waals surface area contributed by atoms with E-state index in [1.54, 1.807) is 30.2 Å². The van der Waals surface area contributed by atoms with Crippen molar-refractivity contribution >= 4 is 63.3 Å². The Balaban J connectivity index is 1.78. The highest BCUT2D eigenvalue weighted by Gasteiger charge is 2.39. The molecule has 9 heteroatoms. The molecule has 32 heavy (non-hydrogen) atoms. The van der Waals surface area contributed by atoms with E-state index in [2.05, 4.69) is 10.3 Å². The summed E-state index contributed by atoms with van der Waals surface area (Å²) in [6, 6.07) is 10.9. The number of nitrogens with zero attached hydrogens (tertiary/aromatic N) is 2. The van der Waals surface area contributed by atoms with Crippen LogP contribution in [0.3, 0.4) is 0 Å². The Kier molecular flexibility index (Phi) is 8.59. The van der Waals surface area contributed by atoms with E-state index in [1.165, 1.54) is 11.8 Å². The molecule has 0 bridgehead atoms. The quantitative estimate of drug-likeness (QED) is 0.485. The number of carbonyl (C=O) groups is 2. The largest absolute Gasteiger partial charge is 0.385 e. The minimum Gasteiger partial charge on any atom is -0.385 e. The first-order valence-electron chi connectivity index (χ1n) is 10.2. The van der Waals surface area contributed by atoms with Crippen molar-refractivity contribution in [2.75, 3.05) is 25.6 Å². The van der Waals surface area contributed by atoms with Gasteiger partial charge in [0.2, 0.25) is 11.8 Å². The van der Waals surface area contributed by atoms with Crippen molar-refractivity contribution in [1.29, 1.82) is 0 Å². The van der Waals surface area contributed by atoms with Gasteiger partial charge in [0.15, 0.2) is 5.17 Å². The van der Waals surface area contributed by atoms with Crippen LogP contribution in [0, 0.1) is 13.8 Å². The van der Waals surface area contributed by atoms with Gasteiger partial charge in [-0.05, 0) is 49.6 Å². The third-order valence-electron chi connectivity index (χ3n) is 4.99. The van der Waals surface area contributed by atoms with Crippen LogP contribution in [0.15, 0.2) is 41.4 Å². The van der Waals surface area contributed by atoms with Gasteiger partial charge >= 0.3 is 0 Å². The molecule has 3 rings (SSSR count). The molecule has 0 aliphatic carbocycles. The third-order valence-corrected chi connectivity index (χ3v) is 6.91. The van der Waals surface area contributed by atoms with Crippen LogP contribution >= 0.6 is 35.0 Å². The summed E-state index contributed by atoms with van der Waals surface area (Å²) in [6.45, 7) is 4.86. The number of amidine groups is 1. The normalized spacial score (nSPS) is 17.3. The third kappa shape index (κ3) is 6.04. The average Bonchev–Trinajstić information content (AvgIpc) is 3.02. The first-order chi connectivity index (χ1) is 15.3. The summed E-state index contributed by atoms with van der Waals surface area (Å²) in [4.78, 5) is 32.1. The number of methoxy groups -OCH3 is 1. The number of aliphatic imine (C=N–C) groups is 1. The second-order valence-corrected chi connectivity index (χ2v) is 9.44. The lowest BCUT2D eigenvalue weighted by Crippen LogP contribution is -2.34. The fraction of sp³-hybridized carbons (Fsp3) is 0.348. The van der Waals surface area contributed by atoms with Crippen LogP contribution in [-0.2, 0) is 14.3 Å². The topological polar surface area (TPSA) is 71.0 Å². The van der Waals surface area contributed by atoms with Crippen molar-refractivity contribution in [2.45, 2.75) is 31.9 Å². The van der Waals surface area contributed by atoms with Gasteiger partial charge in [0.05, 0.1) is 15.7 Å². The molecule has 2 amide bonds. The number of anilines is 1. The number of para-hydroxylation sites is 1. The van der Waals surface area contributed by atoms with Crippen LogP contribution in [0.4, 0.5) is 11.4 Å². The summed E-state index contributed by atoms with van der Waals surface area (Å²) < 4.78 is 5.12. The lowest BCUT2D eigenvalue weighted by Gasteiger charge is -2.16. The summed E-state index contributed by atoms with van der Waals surface area (Å²) >= 11 is 13.4. The number of aryl methyl sites for hydroxylation is 2. The molecule has 2 aromatic rings. The number of rotatable bonds is 8. The highest BCUT2D eigenvalue weighted by molar-refractivity contribution is 8.15. The van der Waals surface area contributed by atoms with Crippen molar-refractivity contribution in [3.63, 3.8) is 0 Å². The Morgan fingerprint density at radius 1 is 1.19 bits per heavy atom.